The summed E-state index contributed by atoms with van der Waals surface area (Å²) >= 11 is 0. The average molecular weight is 283 g/mol. The minimum absolute atomic E-state index is 0.243. The zero-order valence-electron chi connectivity index (χ0n) is 11.5. The highest BCUT2D eigenvalue weighted by Crippen LogP contribution is 2.19. The molecule has 4 heteroatoms. The van der Waals surface area contributed by atoms with Crippen LogP contribution in [0.1, 0.15) is 15.9 Å². The van der Waals surface area contributed by atoms with E-state index >= 15 is 0 Å². The molecule has 0 bridgehead atoms. The largest absolute Gasteiger partial charge is 0.465 e. The highest BCUT2D eigenvalue weighted by molar-refractivity contribution is 5.89. The molecule has 106 valence electrons. The van der Waals surface area contributed by atoms with Gasteiger partial charge in [0.1, 0.15) is 5.82 Å². The zero-order chi connectivity index (χ0) is 14.8. The Morgan fingerprint density at radius 3 is 2.86 bits per heavy atom. The van der Waals surface area contributed by atoms with Gasteiger partial charge in [0.05, 0.1) is 12.7 Å². The fourth-order valence-electron chi connectivity index (χ4n) is 2.42. The normalized spacial score (nSPS) is 10.8. The zero-order valence-corrected chi connectivity index (χ0v) is 11.5. The van der Waals surface area contributed by atoms with E-state index in [2.05, 4.69) is 0 Å². The Morgan fingerprint density at radius 2 is 2.05 bits per heavy atom. The van der Waals surface area contributed by atoms with Crippen molar-refractivity contribution in [3.05, 3.63) is 71.7 Å². The van der Waals surface area contributed by atoms with Crippen LogP contribution in [-0.4, -0.2) is 17.6 Å². The molecule has 0 spiro atoms. The molecule has 0 atom stereocenters. The summed E-state index contributed by atoms with van der Waals surface area (Å²) in [4.78, 5) is 11.5. The highest BCUT2D eigenvalue weighted by atomic mass is 19.1. The molecule has 21 heavy (non-hydrogen) atoms. The van der Waals surface area contributed by atoms with E-state index in [1.807, 2.05) is 29.0 Å². The minimum Gasteiger partial charge on any atom is -0.465 e. The lowest BCUT2D eigenvalue weighted by Gasteiger charge is -2.07. The van der Waals surface area contributed by atoms with Crippen LogP contribution in [0.2, 0.25) is 0 Å². The number of benzene rings is 2. The van der Waals surface area contributed by atoms with Crippen LogP contribution in [-0.2, 0) is 11.3 Å². The van der Waals surface area contributed by atoms with Gasteiger partial charge in [-0.3, -0.25) is 0 Å². The van der Waals surface area contributed by atoms with E-state index in [1.54, 1.807) is 18.2 Å². The van der Waals surface area contributed by atoms with Gasteiger partial charge >= 0.3 is 5.97 Å². The van der Waals surface area contributed by atoms with Gasteiger partial charge in [-0.1, -0.05) is 12.1 Å². The molecule has 0 aliphatic heterocycles. The van der Waals surface area contributed by atoms with Crippen LogP contribution in [0.4, 0.5) is 4.39 Å². The summed E-state index contributed by atoms with van der Waals surface area (Å²) in [7, 11) is 1.36. The Hall–Kier alpha value is -2.62. The molecule has 0 aliphatic rings. The van der Waals surface area contributed by atoms with Crippen molar-refractivity contribution in [3.8, 4) is 0 Å². The van der Waals surface area contributed by atoms with Gasteiger partial charge in [0, 0.05) is 23.6 Å². The summed E-state index contributed by atoms with van der Waals surface area (Å²) in [6, 6.07) is 13.9. The highest BCUT2D eigenvalue weighted by Gasteiger charge is 2.07. The molecule has 0 saturated heterocycles. The van der Waals surface area contributed by atoms with Crippen LogP contribution in [0.25, 0.3) is 10.9 Å². The van der Waals surface area contributed by atoms with Crippen molar-refractivity contribution < 1.29 is 13.9 Å². The maximum Gasteiger partial charge on any atom is 0.337 e. The summed E-state index contributed by atoms with van der Waals surface area (Å²) in [5.74, 6) is -0.593. The molecule has 0 fully saturated rings. The molecule has 3 rings (SSSR count). The summed E-state index contributed by atoms with van der Waals surface area (Å²) in [6.07, 6.45) is 1.91. The van der Waals surface area contributed by atoms with Crippen LogP contribution in [0.15, 0.2) is 54.7 Å². The predicted molar refractivity (Wildman–Crippen MR) is 78.8 cm³/mol. The Balaban J connectivity index is 1.93. The number of carbonyl (C=O) groups excluding carboxylic acids is 1. The van der Waals surface area contributed by atoms with Crippen LogP contribution >= 0.6 is 0 Å². The number of hydrogen-bond donors (Lipinski definition) is 0. The lowest BCUT2D eigenvalue weighted by Crippen LogP contribution is -2.03. The van der Waals surface area contributed by atoms with Crippen LogP contribution in [0.5, 0.6) is 0 Å². The van der Waals surface area contributed by atoms with E-state index in [0.29, 0.717) is 12.1 Å². The molecular weight excluding hydrogens is 269 g/mol. The van der Waals surface area contributed by atoms with Crippen molar-refractivity contribution in [2.24, 2.45) is 0 Å². The first kappa shape index (κ1) is 13.4. The van der Waals surface area contributed by atoms with E-state index in [1.165, 1.54) is 19.2 Å². The first-order valence-electron chi connectivity index (χ1n) is 6.59. The molecule has 0 aliphatic carbocycles. The van der Waals surface area contributed by atoms with Gasteiger partial charge in [-0.25, -0.2) is 9.18 Å². The fourth-order valence-corrected chi connectivity index (χ4v) is 2.42. The third-order valence-electron chi connectivity index (χ3n) is 3.43. The summed E-state index contributed by atoms with van der Waals surface area (Å²) in [6.45, 7) is 0.611. The average Bonchev–Trinajstić information content (AvgIpc) is 2.89. The topological polar surface area (TPSA) is 31.2 Å². The second-order valence-electron chi connectivity index (χ2n) is 4.84. The third-order valence-corrected chi connectivity index (χ3v) is 3.43. The number of fused-ring (bicyclic) bond motifs is 1. The van der Waals surface area contributed by atoms with E-state index in [0.717, 1.165) is 16.5 Å². The summed E-state index contributed by atoms with van der Waals surface area (Å²) in [5.41, 5.74) is 2.47. The fraction of sp³-hybridized carbons (Fsp3) is 0.118. The van der Waals surface area contributed by atoms with Gasteiger partial charge in [-0.15, -0.1) is 0 Å². The van der Waals surface area contributed by atoms with Crippen LogP contribution < -0.4 is 0 Å². The van der Waals surface area contributed by atoms with Crippen molar-refractivity contribution in [3.63, 3.8) is 0 Å². The number of methoxy groups -OCH3 is 1. The number of esters is 1. The molecule has 3 aromatic rings. The number of aromatic nitrogens is 1. The first-order chi connectivity index (χ1) is 10.2. The number of rotatable bonds is 3. The van der Waals surface area contributed by atoms with Crippen LogP contribution in [0.3, 0.4) is 0 Å². The van der Waals surface area contributed by atoms with Gasteiger partial charge in [-0.05, 0) is 42.0 Å². The van der Waals surface area contributed by atoms with E-state index in [9.17, 15) is 9.18 Å². The van der Waals surface area contributed by atoms with Crippen molar-refractivity contribution in [1.82, 2.24) is 4.57 Å². The quantitative estimate of drug-likeness (QED) is 0.687. The van der Waals surface area contributed by atoms with Crippen molar-refractivity contribution in [2.45, 2.75) is 6.54 Å². The number of nitrogens with zero attached hydrogens (tertiary/aromatic N) is 1. The lowest BCUT2D eigenvalue weighted by molar-refractivity contribution is 0.0600. The number of carbonyl (C=O) groups is 1. The maximum atomic E-state index is 13.2. The van der Waals surface area contributed by atoms with Gasteiger partial charge in [0.15, 0.2) is 0 Å². The number of hydrogen-bond acceptors (Lipinski definition) is 2. The van der Waals surface area contributed by atoms with Gasteiger partial charge in [-0.2, -0.15) is 0 Å². The Bertz CT molecular complexity index is 807. The van der Waals surface area contributed by atoms with Gasteiger partial charge < -0.3 is 9.30 Å². The molecule has 0 saturated carbocycles. The molecule has 1 heterocycles. The van der Waals surface area contributed by atoms with Gasteiger partial charge in [0.2, 0.25) is 0 Å². The maximum absolute atomic E-state index is 13.2. The molecule has 0 amide bonds. The molecular formula is C17H14FNO2. The minimum atomic E-state index is -0.351. The van der Waals surface area contributed by atoms with E-state index in [4.69, 9.17) is 4.74 Å². The first-order valence-corrected chi connectivity index (χ1v) is 6.59. The van der Waals surface area contributed by atoms with Crippen molar-refractivity contribution in [2.75, 3.05) is 7.11 Å². The van der Waals surface area contributed by atoms with E-state index in [-0.39, 0.29) is 11.8 Å². The standard InChI is InChI=1S/C17H14FNO2/c1-21-17(20)14-4-2-3-12(9-14)11-19-8-7-13-10-15(18)5-6-16(13)19/h2-10H,11H2,1H3. The monoisotopic (exact) mass is 283 g/mol. The number of halogens is 1. The second-order valence-corrected chi connectivity index (χ2v) is 4.84. The van der Waals surface area contributed by atoms with E-state index < -0.39 is 0 Å². The second kappa shape index (κ2) is 5.40. The molecule has 0 N–H and O–H groups in total. The number of ether oxygens (including phenoxy) is 1. The summed E-state index contributed by atoms with van der Waals surface area (Å²) < 4.78 is 19.9. The smallest absolute Gasteiger partial charge is 0.337 e. The third kappa shape index (κ3) is 2.65. The molecule has 0 unspecified atom stereocenters. The molecule has 0 radical (unpaired) electrons. The Morgan fingerprint density at radius 1 is 1.19 bits per heavy atom. The Kier molecular flexibility index (Phi) is 3.44. The van der Waals surface area contributed by atoms with Gasteiger partial charge in [0.25, 0.3) is 0 Å². The Labute approximate surface area is 121 Å². The van der Waals surface area contributed by atoms with Crippen molar-refractivity contribution >= 4 is 16.9 Å². The van der Waals surface area contributed by atoms with Crippen molar-refractivity contribution in [1.29, 1.82) is 0 Å². The SMILES string of the molecule is COC(=O)c1cccc(Cn2ccc3cc(F)ccc32)c1. The lowest BCUT2D eigenvalue weighted by atomic mass is 10.1. The predicted octanol–water partition coefficient (Wildman–Crippen LogP) is 3.62. The molecule has 1 aromatic heterocycles. The molecule has 2 aromatic carbocycles. The summed E-state index contributed by atoms with van der Waals surface area (Å²) in [5, 5.41) is 0.860. The molecule has 3 nitrogen and oxygen atoms in total. The van der Waals surface area contributed by atoms with Crippen LogP contribution in [0, 0.1) is 5.82 Å².